The van der Waals surface area contributed by atoms with E-state index in [0.29, 0.717) is 10.8 Å². The number of hydrogen-bond acceptors (Lipinski definition) is 0. The quantitative estimate of drug-likeness (QED) is 0.641. The van der Waals surface area contributed by atoms with Crippen LogP contribution in [0.25, 0.3) is 0 Å². The molecule has 0 aromatic heterocycles. The summed E-state index contributed by atoms with van der Waals surface area (Å²) in [6.45, 7) is 14.0. The highest BCUT2D eigenvalue weighted by Crippen LogP contribution is 2.52. The van der Waals surface area contributed by atoms with Crippen LogP contribution < -0.4 is 0 Å². The van der Waals surface area contributed by atoms with Crippen LogP contribution in [0.2, 0.25) is 0 Å². The van der Waals surface area contributed by atoms with Crippen LogP contribution in [0.1, 0.15) is 62.8 Å². The van der Waals surface area contributed by atoms with Crippen molar-refractivity contribution in [1.82, 2.24) is 0 Å². The Morgan fingerprint density at radius 3 is 2.31 bits per heavy atom. The Labute approximate surface area is 100 Å². The molecule has 1 unspecified atom stereocenters. The summed E-state index contributed by atoms with van der Waals surface area (Å²) in [5, 5.41) is 0. The lowest BCUT2D eigenvalue weighted by Crippen LogP contribution is -2.21. The van der Waals surface area contributed by atoms with Gasteiger partial charge in [0.05, 0.1) is 0 Å². The van der Waals surface area contributed by atoms with Gasteiger partial charge in [0.25, 0.3) is 0 Å². The maximum absolute atomic E-state index is 2.43. The van der Waals surface area contributed by atoms with Crippen LogP contribution in [0.5, 0.6) is 0 Å². The molecule has 1 aliphatic rings. The molecule has 0 aliphatic heterocycles. The molecular formula is C16H24. The van der Waals surface area contributed by atoms with Gasteiger partial charge in [0.15, 0.2) is 0 Å². The van der Waals surface area contributed by atoms with Gasteiger partial charge < -0.3 is 0 Å². The van der Waals surface area contributed by atoms with Crippen LogP contribution >= 0.6 is 0 Å². The second-order valence-corrected chi connectivity index (χ2v) is 6.48. The summed E-state index contributed by atoms with van der Waals surface area (Å²) in [7, 11) is 0. The van der Waals surface area contributed by atoms with Gasteiger partial charge in [-0.1, -0.05) is 45.4 Å². The molecule has 0 radical (unpaired) electrons. The molecule has 0 saturated heterocycles. The fourth-order valence-electron chi connectivity index (χ4n) is 3.76. The number of aryl methyl sites for hydroxylation is 2. The van der Waals surface area contributed by atoms with E-state index in [1.54, 1.807) is 11.1 Å². The highest BCUT2D eigenvalue weighted by molar-refractivity contribution is 5.51. The van der Waals surface area contributed by atoms with E-state index < -0.39 is 0 Å². The van der Waals surface area contributed by atoms with Gasteiger partial charge in [0.2, 0.25) is 0 Å². The molecule has 0 spiro atoms. The van der Waals surface area contributed by atoms with Gasteiger partial charge in [0, 0.05) is 0 Å². The zero-order chi connectivity index (χ0) is 12.1. The third-order valence-corrected chi connectivity index (χ3v) is 4.42. The number of rotatable bonds is 1. The van der Waals surface area contributed by atoms with E-state index in [9.17, 15) is 0 Å². The monoisotopic (exact) mass is 216 g/mol. The maximum Gasteiger partial charge on any atom is -0.00640 e. The molecule has 0 N–H and O–H groups in total. The van der Waals surface area contributed by atoms with Crippen molar-refractivity contribution >= 4 is 0 Å². The van der Waals surface area contributed by atoms with Gasteiger partial charge in [-0.15, -0.1) is 0 Å². The third-order valence-electron chi connectivity index (χ3n) is 4.42. The molecule has 0 heteroatoms. The summed E-state index contributed by atoms with van der Waals surface area (Å²) >= 11 is 0. The van der Waals surface area contributed by atoms with Gasteiger partial charge >= 0.3 is 0 Å². The van der Waals surface area contributed by atoms with E-state index in [4.69, 9.17) is 0 Å². The van der Waals surface area contributed by atoms with Crippen LogP contribution in [-0.4, -0.2) is 0 Å². The predicted octanol–water partition coefficient (Wildman–Crippen LogP) is 4.65. The molecular weight excluding hydrogens is 192 g/mol. The van der Waals surface area contributed by atoms with Gasteiger partial charge in [-0.05, 0) is 54.2 Å². The van der Waals surface area contributed by atoms with Crippen LogP contribution in [-0.2, 0) is 10.8 Å². The topological polar surface area (TPSA) is 0 Å². The molecule has 1 aliphatic carbocycles. The Hall–Kier alpha value is -0.780. The van der Waals surface area contributed by atoms with Crippen molar-refractivity contribution in [2.45, 2.75) is 65.2 Å². The minimum Gasteiger partial charge on any atom is -0.0645 e. The lowest BCUT2D eigenvalue weighted by Gasteiger charge is -2.26. The standard InChI is InChI=1S/C16H24/c1-7-16(6)10-15(4,5)13-9-11(2)8-12(3)14(13)16/h8-9H,7,10H2,1-6H3. The number of benzene rings is 1. The second kappa shape index (κ2) is 3.35. The molecule has 1 atom stereocenters. The highest BCUT2D eigenvalue weighted by Gasteiger charge is 2.44. The van der Waals surface area contributed by atoms with Crippen LogP contribution in [0.3, 0.4) is 0 Å². The van der Waals surface area contributed by atoms with Crippen molar-refractivity contribution < 1.29 is 0 Å². The van der Waals surface area contributed by atoms with E-state index in [1.165, 1.54) is 24.0 Å². The molecule has 0 bridgehead atoms. The summed E-state index contributed by atoms with van der Waals surface area (Å²) < 4.78 is 0. The summed E-state index contributed by atoms with van der Waals surface area (Å²) in [6, 6.07) is 4.75. The summed E-state index contributed by atoms with van der Waals surface area (Å²) in [5.41, 5.74) is 6.85. The largest absolute Gasteiger partial charge is 0.0645 e. The summed E-state index contributed by atoms with van der Waals surface area (Å²) in [5.74, 6) is 0. The molecule has 2 rings (SSSR count). The minimum atomic E-state index is 0.344. The minimum absolute atomic E-state index is 0.344. The molecule has 1 aromatic carbocycles. The summed E-state index contributed by atoms with van der Waals surface area (Å²) in [6.07, 6.45) is 2.53. The smallest absolute Gasteiger partial charge is 0.00640 e. The average Bonchev–Trinajstić information content (AvgIpc) is 2.34. The van der Waals surface area contributed by atoms with Crippen molar-refractivity contribution in [2.75, 3.05) is 0 Å². The Bertz CT molecular complexity index is 426. The molecule has 0 heterocycles. The first-order valence-electron chi connectivity index (χ1n) is 6.42. The third kappa shape index (κ3) is 1.50. The van der Waals surface area contributed by atoms with Crippen LogP contribution in [0.4, 0.5) is 0 Å². The molecule has 1 aromatic rings. The normalized spacial score (nSPS) is 26.9. The summed E-state index contributed by atoms with van der Waals surface area (Å²) in [4.78, 5) is 0. The Morgan fingerprint density at radius 2 is 1.75 bits per heavy atom. The first kappa shape index (κ1) is 11.7. The van der Waals surface area contributed by atoms with Crippen LogP contribution in [0, 0.1) is 13.8 Å². The SMILES string of the molecule is CCC1(C)CC(C)(C)c2cc(C)cc(C)c21. The lowest BCUT2D eigenvalue weighted by molar-refractivity contribution is 0.366. The fourth-order valence-corrected chi connectivity index (χ4v) is 3.76. The molecule has 0 nitrogen and oxygen atoms in total. The first-order valence-corrected chi connectivity index (χ1v) is 6.42. The van der Waals surface area contributed by atoms with E-state index in [2.05, 4.69) is 53.7 Å². The highest BCUT2D eigenvalue weighted by atomic mass is 14.5. The zero-order valence-corrected chi connectivity index (χ0v) is 11.6. The Balaban J connectivity index is 2.73. The van der Waals surface area contributed by atoms with Gasteiger partial charge in [-0.3, -0.25) is 0 Å². The maximum atomic E-state index is 2.43. The average molecular weight is 216 g/mol. The molecule has 0 saturated carbocycles. The number of hydrogen-bond donors (Lipinski definition) is 0. The van der Waals surface area contributed by atoms with Crippen molar-refractivity contribution in [1.29, 1.82) is 0 Å². The van der Waals surface area contributed by atoms with Crippen molar-refractivity contribution in [3.63, 3.8) is 0 Å². The van der Waals surface area contributed by atoms with E-state index in [0.717, 1.165) is 0 Å². The van der Waals surface area contributed by atoms with Crippen molar-refractivity contribution in [3.05, 3.63) is 34.4 Å². The van der Waals surface area contributed by atoms with E-state index in [-0.39, 0.29) is 0 Å². The molecule has 0 amide bonds. The van der Waals surface area contributed by atoms with Crippen molar-refractivity contribution in [2.24, 2.45) is 0 Å². The number of fused-ring (bicyclic) bond motifs is 1. The second-order valence-electron chi connectivity index (χ2n) is 6.48. The lowest BCUT2D eigenvalue weighted by atomic mass is 9.77. The zero-order valence-electron chi connectivity index (χ0n) is 11.6. The van der Waals surface area contributed by atoms with E-state index >= 15 is 0 Å². The fraction of sp³-hybridized carbons (Fsp3) is 0.625. The molecule has 88 valence electrons. The van der Waals surface area contributed by atoms with E-state index in [1.807, 2.05) is 0 Å². The van der Waals surface area contributed by atoms with Crippen molar-refractivity contribution in [3.8, 4) is 0 Å². The Morgan fingerprint density at radius 1 is 1.12 bits per heavy atom. The van der Waals surface area contributed by atoms with Gasteiger partial charge in [-0.2, -0.15) is 0 Å². The predicted molar refractivity (Wildman–Crippen MR) is 71.2 cm³/mol. The first-order chi connectivity index (χ1) is 7.30. The Kier molecular flexibility index (Phi) is 2.45. The van der Waals surface area contributed by atoms with Crippen LogP contribution in [0.15, 0.2) is 12.1 Å². The van der Waals surface area contributed by atoms with Gasteiger partial charge in [-0.25, -0.2) is 0 Å². The molecule has 0 fully saturated rings. The molecule has 16 heavy (non-hydrogen) atoms. The van der Waals surface area contributed by atoms with Gasteiger partial charge in [0.1, 0.15) is 0 Å².